The summed E-state index contributed by atoms with van der Waals surface area (Å²) in [5.74, 6) is -0.125. The van der Waals surface area contributed by atoms with Gasteiger partial charge in [0.25, 0.3) is 0 Å². The van der Waals surface area contributed by atoms with Gasteiger partial charge in [-0.3, -0.25) is 9.59 Å². The molecule has 1 heterocycles. The number of thiazole rings is 1. The number of hydrogen-bond acceptors (Lipinski definition) is 4. The first-order valence-corrected chi connectivity index (χ1v) is 10.2. The number of amides is 2. The molecule has 5 nitrogen and oxygen atoms in total. The van der Waals surface area contributed by atoms with Gasteiger partial charge < -0.3 is 10.6 Å². The van der Waals surface area contributed by atoms with Gasteiger partial charge >= 0.3 is 0 Å². The Bertz CT molecular complexity index is 1000. The highest BCUT2D eigenvalue weighted by atomic mass is 32.1. The van der Waals surface area contributed by atoms with E-state index in [4.69, 9.17) is 0 Å². The Morgan fingerprint density at radius 1 is 1.04 bits per heavy atom. The minimum absolute atomic E-state index is 0.000660. The average molecular weight is 396 g/mol. The number of benzene rings is 2. The van der Waals surface area contributed by atoms with Gasteiger partial charge in [-0.15, -0.1) is 0 Å². The normalized spacial score (nSPS) is 11.0. The number of anilines is 2. The summed E-state index contributed by atoms with van der Waals surface area (Å²) in [5.41, 5.74) is 5.03. The maximum atomic E-state index is 12.3. The number of nitrogens with one attached hydrogen (secondary N) is 2. The SMILES string of the molecule is Cc1cc(C)cc(NC(=O)CCc2ccc3nc(NC(=O)C(C)C)sc3c2)c1. The molecule has 3 rings (SSSR count). The van der Waals surface area contributed by atoms with Gasteiger partial charge in [-0.05, 0) is 61.2 Å². The number of carbonyl (C=O) groups is 2. The van der Waals surface area contributed by atoms with Gasteiger partial charge in [0.1, 0.15) is 0 Å². The number of carbonyl (C=O) groups excluding carboxylic acids is 2. The standard InChI is InChI=1S/C22H25N3O2S/c1-13(2)21(27)25-22-24-18-7-5-16(12-19(18)28-22)6-8-20(26)23-17-10-14(3)9-15(4)11-17/h5,7,9-13H,6,8H2,1-4H3,(H,23,26)(H,24,25,27). The smallest absolute Gasteiger partial charge is 0.228 e. The van der Waals surface area contributed by atoms with Crippen molar-refractivity contribution in [3.63, 3.8) is 0 Å². The molecule has 3 aromatic rings. The first kappa shape index (κ1) is 20.0. The quantitative estimate of drug-likeness (QED) is 0.611. The molecule has 146 valence electrons. The molecule has 0 atom stereocenters. The molecule has 1 aromatic heterocycles. The van der Waals surface area contributed by atoms with E-state index in [1.54, 1.807) is 0 Å². The Labute approximate surface area is 169 Å². The van der Waals surface area contributed by atoms with Crippen LogP contribution in [0.15, 0.2) is 36.4 Å². The van der Waals surface area contributed by atoms with Crippen LogP contribution in [0.3, 0.4) is 0 Å². The number of aryl methyl sites for hydroxylation is 3. The number of hydrogen-bond donors (Lipinski definition) is 2. The van der Waals surface area contributed by atoms with Crippen LogP contribution in [-0.4, -0.2) is 16.8 Å². The summed E-state index contributed by atoms with van der Waals surface area (Å²) in [7, 11) is 0. The van der Waals surface area contributed by atoms with Crippen LogP contribution >= 0.6 is 11.3 Å². The van der Waals surface area contributed by atoms with Crippen molar-refractivity contribution in [3.8, 4) is 0 Å². The van der Waals surface area contributed by atoms with Crippen LogP contribution < -0.4 is 10.6 Å². The summed E-state index contributed by atoms with van der Waals surface area (Å²) in [4.78, 5) is 28.6. The Hall–Kier alpha value is -2.73. The minimum Gasteiger partial charge on any atom is -0.326 e. The molecule has 6 heteroatoms. The molecule has 0 aliphatic carbocycles. The second-order valence-corrected chi connectivity index (χ2v) is 8.42. The summed E-state index contributed by atoms with van der Waals surface area (Å²) in [6.07, 6.45) is 1.06. The van der Waals surface area contributed by atoms with Crippen LogP contribution in [0.4, 0.5) is 10.8 Å². The fraction of sp³-hybridized carbons (Fsp3) is 0.318. The molecular weight excluding hydrogens is 370 g/mol. The monoisotopic (exact) mass is 395 g/mol. The number of rotatable bonds is 6. The van der Waals surface area contributed by atoms with E-state index in [0.29, 0.717) is 18.0 Å². The largest absolute Gasteiger partial charge is 0.326 e. The fourth-order valence-corrected chi connectivity index (χ4v) is 3.89. The third-order valence-electron chi connectivity index (χ3n) is 4.35. The molecular formula is C22H25N3O2S. The third kappa shape index (κ3) is 5.16. The number of aromatic nitrogens is 1. The van der Waals surface area contributed by atoms with Crippen molar-refractivity contribution in [2.45, 2.75) is 40.5 Å². The summed E-state index contributed by atoms with van der Waals surface area (Å²) in [6, 6.07) is 12.0. The molecule has 0 saturated heterocycles. The lowest BCUT2D eigenvalue weighted by molar-refractivity contribution is -0.119. The molecule has 2 amide bonds. The van der Waals surface area contributed by atoms with Crippen molar-refractivity contribution in [3.05, 3.63) is 53.1 Å². The summed E-state index contributed by atoms with van der Waals surface area (Å²) >= 11 is 1.45. The molecule has 0 spiro atoms. The topological polar surface area (TPSA) is 71.1 Å². The molecule has 0 bridgehead atoms. The van der Waals surface area contributed by atoms with Crippen LogP contribution in [0.5, 0.6) is 0 Å². The predicted molar refractivity (Wildman–Crippen MR) is 116 cm³/mol. The van der Waals surface area contributed by atoms with Crippen LogP contribution in [0.1, 0.15) is 37.0 Å². The Morgan fingerprint density at radius 2 is 1.75 bits per heavy atom. The van der Waals surface area contributed by atoms with Gasteiger partial charge in [-0.1, -0.05) is 37.3 Å². The highest BCUT2D eigenvalue weighted by Gasteiger charge is 2.11. The molecule has 2 N–H and O–H groups in total. The van der Waals surface area contributed by atoms with Crippen molar-refractivity contribution >= 4 is 44.2 Å². The first-order valence-electron chi connectivity index (χ1n) is 9.38. The lowest BCUT2D eigenvalue weighted by Gasteiger charge is -2.07. The van der Waals surface area contributed by atoms with Gasteiger partial charge in [-0.2, -0.15) is 0 Å². The minimum atomic E-state index is -0.0849. The van der Waals surface area contributed by atoms with E-state index in [9.17, 15) is 9.59 Å². The Morgan fingerprint density at radius 3 is 2.43 bits per heavy atom. The van der Waals surface area contributed by atoms with Crippen LogP contribution in [0.2, 0.25) is 0 Å². The Balaban J connectivity index is 1.62. The van der Waals surface area contributed by atoms with E-state index in [-0.39, 0.29) is 17.7 Å². The van der Waals surface area contributed by atoms with E-state index in [1.165, 1.54) is 11.3 Å². The van der Waals surface area contributed by atoms with E-state index in [2.05, 4.69) is 21.7 Å². The zero-order chi connectivity index (χ0) is 20.3. The second kappa shape index (κ2) is 8.52. The predicted octanol–water partition coefficient (Wildman–Crippen LogP) is 5.08. The maximum absolute atomic E-state index is 12.3. The van der Waals surface area contributed by atoms with Gasteiger partial charge in [-0.25, -0.2) is 4.98 Å². The molecule has 0 aliphatic rings. The third-order valence-corrected chi connectivity index (χ3v) is 5.29. The maximum Gasteiger partial charge on any atom is 0.228 e. The summed E-state index contributed by atoms with van der Waals surface area (Å²) in [5, 5.41) is 6.42. The van der Waals surface area contributed by atoms with Crippen LogP contribution in [-0.2, 0) is 16.0 Å². The van der Waals surface area contributed by atoms with E-state index in [0.717, 1.165) is 32.6 Å². The van der Waals surface area contributed by atoms with Crippen molar-refractivity contribution in [2.75, 3.05) is 10.6 Å². The van der Waals surface area contributed by atoms with E-state index < -0.39 is 0 Å². The first-order chi connectivity index (χ1) is 13.3. The Kier molecular flexibility index (Phi) is 6.09. The van der Waals surface area contributed by atoms with Crippen molar-refractivity contribution in [1.29, 1.82) is 0 Å². The van der Waals surface area contributed by atoms with Crippen molar-refractivity contribution in [1.82, 2.24) is 4.98 Å². The van der Waals surface area contributed by atoms with Gasteiger partial charge in [0.05, 0.1) is 10.2 Å². The summed E-state index contributed by atoms with van der Waals surface area (Å²) in [6.45, 7) is 7.74. The average Bonchev–Trinajstić information content (AvgIpc) is 3.00. The zero-order valence-electron chi connectivity index (χ0n) is 16.6. The molecule has 2 aromatic carbocycles. The highest BCUT2D eigenvalue weighted by Crippen LogP contribution is 2.27. The lowest BCUT2D eigenvalue weighted by atomic mass is 10.1. The summed E-state index contributed by atoms with van der Waals surface area (Å²) < 4.78 is 1.01. The molecule has 0 radical (unpaired) electrons. The molecule has 0 fully saturated rings. The van der Waals surface area contributed by atoms with Gasteiger partial charge in [0.2, 0.25) is 11.8 Å². The van der Waals surface area contributed by atoms with Crippen molar-refractivity contribution < 1.29 is 9.59 Å². The lowest BCUT2D eigenvalue weighted by Crippen LogP contribution is -2.17. The van der Waals surface area contributed by atoms with E-state index >= 15 is 0 Å². The molecule has 28 heavy (non-hydrogen) atoms. The van der Waals surface area contributed by atoms with Gasteiger partial charge in [0, 0.05) is 18.0 Å². The van der Waals surface area contributed by atoms with Crippen LogP contribution in [0.25, 0.3) is 10.2 Å². The fourth-order valence-electron chi connectivity index (χ4n) is 2.96. The highest BCUT2D eigenvalue weighted by molar-refractivity contribution is 7.22. The second-order valence-electron chi connectivity index (χ2n) is 7.39. The number of fused-ring (bicyclic) bond motifs is 1. The van der Waals surface area contributed by atoms with Crippen molar-refractivity contribution in [2.24, 2.45) is 5.92 Å². The van der Waals surface area contributed by atoms with E-state index in [1.807, 2.05) is 58.0 Å². The van der Waals surface area contributed by atoms with Crippen LogP contribution in [0, 0.1) is 19.8 Å². The molecule has 0 unspecified atom stereocenters. The zero-order valence-corrected chi connectivity index (χ0v) is 17.4. The number of nitrogens with zero attached hydrogens (tertiary/aromatic N) is 1. The molecule has 0 saturated carbocycles. The molecule has 0 aliphatic heterocycles. The van der Waals surface area contributed by atoms with Gasteiger partial charge in [0.15, 0.2) is 5.13 Å².